The lowest BCUT2D eigenvalue weighted by atomic mass is 10.3. The molecule has 0 saturated heterocycles. The fourth-order valence-corrected chi connectivity index (χ4v) is 2.56. The van der Waals surface area contributed by atoms with Crippen LogP contribution in [0.3, 0.4) is 0 Å². The predicted molar refractivity (Wildman–Crippen MR) is 85.9 cm³/mol. The molecule has 6 nitrogen and oxygen atoms in total. The van der Waals surface area contributed by atoms with Gasteiger partial charge in [-0.05, 0) is 37.6 Å². The largest absolute Gasteiger partial charge is 0.481 e. The molecule has 7 heteroatoms. The molecule has 22 heavy (non-hydrogen) atoms. The molecular formula is C15H20N2O4S. The van der Waals surface area contributed by atoms with E-state index >= 15 is 0 Å². The van der Waals surface area contributed by atoms with Gasteiger partial charge < -0.3 is 15.7 Å². The maximum absolute atomic E-state index is 11.9. The minimum absolute atomic E-state index is 0.0480. The van der Waals surface area contributed by atoms with E-state index in [1.54, 1.807) is 19.1 Å². The standard InChI is InChI=1S/C15H20N2O4S/c1-10(15(21)16-9-3-4-14(19)20)22-13-7-5-12(6-8-13)17-11(2)18/h5-8,10H,3-4,9H2,1-2H3,(H,16,21)(H,17,18)(H,19,20). The number of carboxylic acid groups (broad SMARTS) is 1. The summed E-state index contributed by atoms with van der Waals surface area (Å²) in [7, 11) is 0. The summed E-state index contributed by atoms with van der Waals surface area (Å²) in [5.74, 6) is -1.12. The van der Waals surface area contributed by atoms with Crippen LogP contribution in [0.2, 0.25) is 0 Å². The van der Waals surface area contributed by atoms with E-state index in [2.05, 4.69) is 10.6 Å². The number of carbonyl (C=O) groups is 3. The van der Waals surface area contributed by atoms with Gasteiger partial charge in [0.05, 0.1) is 5.25 Å². The Morgan fingerprint density at radius 1 is 1.23 bits per heavy atom. The van der Waals surface area contributed by atoms with Gasteiger partial charge in [0.2, 0.25) is 11.8 Å². The van der Waals surface area contributed by atoms with E-state index in [4.69, 9.17) is 5.11 Å². The summed E-state index contributed by atoms with van der Waals surface area (Å²) >= 11 is 1.40. The Hall–Kier alpha value is -2.02. The maximum atomic E-state index is 11.9. The number of benzene rings is 1. The molecule has 2 amide bonds. The first-order chi connectivity index (χ1) is 10.4. The zero-order valence-corrected chi connectivity index (χ0v) is 13.4. The van der Waals surface area contributed by atoms with Crippen molar-refractivity contribution in [3.63, 3.8) is 0 Å². The molecule has 1 aromatic carbocycles. The Morgan fingerprint density at radius 2 is 1.86 bits per heavy atom. The van der Waals surface area contributed by atoms with Crippen LogP contribution < -0.4 is 10.6 Å². The van der Waals surface area contributed by atoms with E-state index in [0.717, 1.165) is 4.90 Å². The Bertz CT molecular complexity index is 531. The summed E-state index contributed by atoms with van der Waals surface area (Å²) in [6, 6.07) is 7.23. The third kappa shape index (κ3) is 7.12. The second kappa shape index (κ2) is 9.09. The molecule has 0 spiro atoms. The van der Waals surface area contributed by atoms with Crippen LogP contribution >= 0.6 is 11.8 Å². The molecule has 120 valence electrons. The van der Waals surface area contributed by atoms with Gasteiger partial charge in [-0.2, -0.15) is 0 Å². The highest BCUT2D eigenvalue weighted by Crippen LogP contribution is 2.24. The topological polar surface area (TPSA) is 95.5 Å². The third-order valence-corrected chi connectivity index (χ3v) is 3.84. The zero-order valence-electron chi connectivity index (χ0n) is 12.6. The average molecular weight is 324 g/mol. The average Bonchev–Trinajstić information content (AvgIpc) is 2.44. The van der Waals surface area contributed by atoms with Crippen molar-refractivity contribution in [3.05, 3.63) is 24.3 Å². The van der Waals surface area contributed by atoms with Gasteiger partial charge >= 0.3 is 5.97 Å². The SMILES string of the molecule is CC(=O)Nc1ccc(SC(C)C(=O)NCCCC(=O)O)cc1. The highest BCUT2D eigenvalue weighted by molar-refractivity contribution is 8.00. The van der Waals surface area contributed by atoms with Crippen molar-refractivity contribution in [1.82, 2.24) is 5.32 Å². The summed E-state index contributed by atoms with van der Waals surface area (Å²) in [5.41, 5.74) is 0.711. The van der Waals surface area contributed by atoms with Crippen LogP contribution in [-0.4, -0.2) is 34.7 Å². The Labute approximate surface area is 133 Å². The van der Waals surface area contributed by atoms with Crippen LogP contribution in [0.15, 0.2) is 29.2 Å². The Kier molecular flexibility index (Phi) is 7.45. The second-order valence-corrected chi connectivity index (χ2v) is 6.17. The predicted octanol–water partition coefficient (Wildman–Crippen LogP) is 2.11. The van der Waals surface area contributed by atoms with Crippen molar-refractivity contribution in [3.8, 4) is 0 Å². The first-order valence-corrected chi connectivity index (χ1v) is 7.80. The van der Waals surface area contributed by atoms with E-state index in [1.165, 1.54) is 18.7 Å². The molecule has 1 aromatic rings. The molecule has 3 N–H and O–H groups in total. The van der Waals surface area contributed by atoms with Crippen LogP contribution in [0.1, 0.15) is 26.7 Å². The lowest BCUT2D eigenvalue weighted by Crippen LogP contribution is -2.31. The number of amides is 2. The molecule has 1 rings (SSSR count). The van der Waals surface area contributed by atoms with Crippen molar-refractivity contribution in [2.45, 2.75) is 36.8 Å². The highest BCUT2D eigenvalue weighted by Gasteiger charge is 2.13. The lowest BCUT2D eigenvalue weighted by molar-refractivity contribution is -0.137. The fourth-order valence-electron chi connectivity index (χ4n) is 1.67. The van der Waals surface area contributed by atoms with E-state index in [1.807, 2.05) is 12.1 Å². The minimum atomic E-state index is -0.865. The van der Waals surface area contributed by atoms with Crippen molar-refractivity contribution < 1.29 is 19.5 Å². The molecular weight excluding hydrogens is 304 g/mol. The van der Waals surface area contributed by atoms with Crippen molar-refractivity contribution in [2.75, 3.05) is 11.9 Å². The zero-order chi connectivity index (χ0) is 16.5. The Morgan fingerprint density at radius 3 is 2.41 bits per heavy atom. The number of carbonyl (C=O) groups excluding carboxylic acids is 2. The Balaban J connectivity index is 2.40. The summed E-state index contributed by atoms with van der Waals surface area (Å²) in [4.78, 5) is 34.1. The first-order valence-electron chi connectivity index (χ1n) is 6.92. The number of carboxylic acids is 1. The van der Waals surface area contributed by atoms with E-state index in [-0.39, 0.29) is 23.5 Å². The monoisotopic (exact) mass is 324 g/mol. The third-order valence-electron chi connectivity index (χ3n) is 2.72. The normalized spacial score (nSPS) is 11.5. The van der Waals surface area contributed by atoms with Gasteiger partial charge in [-0.1, -0.05) is 0 Å². The number of hydrogen-bond acceptors (Lipinski definition) is 4. The fraction of sp³-hybridized carbons (Fsp3) is 0.400. The van der Waals surface area contributed by atoms with Crippen LogP contribution in [0.25, 0.3) is 0 Å². The van der Waals surface area contributed by atoms with Gasteiger partial charge in [0.1, 0.15) is 0 Å². The number of aliphatic carboxylic acids is 1. The van der Waals surface area contributed by atoms with Gasteiger partial charge in [0.25, 0.3) is 0 Å². The summed E-state index contributed by atoms with van der Waals surface area (Å²) in [6.45, 7) is 3.59. The quantitative estimate of drug-likeness (QED) is 0.503. The van der Waals surface area contributed by atoms with Gasteiger partial charge in [0, 0.05) is 30.5 Å². The maximum Gasteiger partial charge on any atom is 0.303 e. The molecule has 0 aromatic heterocycles. The summed E-state index contributed by atoms with van der Waals surface area (Å²) < 4.78 is 0. The van der Waals surface area contributed by atoms with Crippen LogP contribution in [0.5, 0.6) is 0 Å². The highest BCUT2D eigenvalue weighted by atomic mass is 32.2. The number of anilines is 1. The van der Waals surface area contributed by atoms with Gasteiger partial charge in [0.15, 0.2) is 0 Å². The number of nitrogens with one attached hydrogen (secondary N) is 2. The second-order valence-electron chi connectivity index (χ2n) is 4.75. The number of hydrogen-bond donors (Lipinski definition) is 3. The molecule has 0 aliphatic heterocycles. The summed E-state index contributed by atoms with van der Waals surface area (Å²) in [5, 5.41) is 13.6. The molecule has 1 unspecified atom stereocenters. The molecule has 0 bridgehead atoms. The smallest absolute Gasteiger partial charge is 0.303 e. The molecule has 0 fully saturated rings. The summed E-state index contributed by atoms with van der Waals surface area (Å²) in [6.07, 6.45) is 0.469. The first kappa shape index (κ1) is 18.0. The van der Waals surface area contributed by atoms with Crippen molar-refractivity contribution in [2.24, 2.45) is 0 Å². The van der Waals surface area contributed by atoms with Crippen LogP contribution in [0.4, 0.5) is 5.69 Å². The number of thioether (sulfide) groups is 1. The van der Waals surface area contributed by atoms with Gasteiger partial charge in [-0.25, -0.2) is 0 Å². The van der Waals surface area contributed by atoms with Crippen molar-refractivity contribution >= 4 is 35.2 Å². The van der Waals surface area contributed by atoms with Crippen molar-refractivity contribution in [1.29, 1.82) is 0 Å². The molecule has 0 aliphatic carbocycles. The van der Waals surface area contributed by atoms with E-state index in [9.17, 15) is 14.4 Å². The number of rotatable bonds is 8. The molecule has 0 radical (unpaired) electrons. The van der Waals surface area contributed by atoms with Crippen LogP contribution in [-0.2, 0) is 14.4 Å². The van der Waals surface area contributed by atoms with Crippen LogP contribution in [0, 0.1) is 0 Å². The van der Waals surface area contributed by atoms with Gasteiger partial charge in [-0.3, -0.25) is 14.4 Å². The molecule has 0 heterocycles. The van der Waals surface area contributed by atoms with E-state index < -0.39 is 5.97 Å². The molecule has 0 aliphatic rings. The minimum Gasteiger partial charge on any atom is -0.481 e. The molecule has 1 atom stereocenters. The lowest BCUT2D eigenvalue weighted by Gasteiger charge is -2.12. The molecule has 0 saturated carbocycles. The van der Waals surface area contributed by atoms with E-state index in [0.29, 0.717) is 18.7 Å². The van der Waals surface area contributed by atoms with Gasteiger partial charge in [-0.15, -0.1) is 11.8 Å².